The van der Waals surface area contributed by atoms with Crippen molar-refractivity contribution in [2.45, 2.75) is 30.0 Å². The molecule has 2 heterocycles. The summed E-state index contributed by atoms with van der Waals surface area (Å²) in [6.07, 6.45) is 2.64. The van der Waals surface area contributed by atoms with Crippen LogP contribution < -0.4 is 10.6 Å². The first-order chi connectivity index (χ1) is 13.1. The molecule has 0 aliphatic carbocycles. The predicted octanol–water partition coefficient (Wildman–Crippen LogP) is 3.29. The van der Waals surface area contributed by atoms with E-state index in [1.807, 2.05) is 43.6 Å². The number of nitrogens with one attached hydrogen (secondary N) is 2. The predicted molar refractivity (Wildman–Crippen MR) is 107 cm³/mol. The average Bonchev–Trinajstić information content (AvgIpc) is 3.09. The Balaban J connectivity index is 1.33. The van der Waals surface area contributed by atoms with Gasteiger partial charge in [-0.15, -0.1) is 11.8 Å². The fraction of sp³-hybridized carbons (Fsp3) is 0.250. The number of rotatable bonds is 5. The standard InChI is InChI=1S/C20H20N4O2S/c1-13-19(25)23-16-11-14(7-8-18(16)27-13)20(26)21-9-4-10-24-12-22-15-5-2-3-6-17(15)24/h2-3,5-8,11-13H,4,9-10H2,1H3,(H,21,26)(H,23,25). The third-order valence-corrected chi connectivity index (χ3v) is 5.74. The molecule has 1 aliphatic heterocycles. The van der Waals surface area contributed by atoms with Gasteiger partial charge in [-0.2, -0.15) is 0 Å². The van der Waals surface area contributed by atoms with Gasteiger partial charge in [0.05, 0.1) is 28.3 Å². The fourth-order valence-corrected chi connectivity index (χ4v) is 4.02. The summed E-state index contributed by atoms with van der Waals surface area (Å²) in [6.45, 7) is 3.23. The average molecular weight is 380 g/mol. The van der Waals surface area contributed by atoms with E-state index < -0.39 is 0 Å². The van der Waals surface area contributed by atoms with Gasteiger partial charge in [-0.05, 0) is 43.7 Å². The molecule has 0 fully saturated rings. The Morgan fingerprint density at radius 1 is 1.30 bits per heavy atom. The number of nitrogens with zero attached hydrogens (tertiary/aromatic N) is 2. The summed E-state index contributed by atoms with van der Waals surface area (Å²) in [6, 6.07) is 13.4. The SMILES string of the molecule is CC1Sc2ccc(C(=O)NCCCn3cnc4ccccc43)cc2NC1=O. The van der Waals surface area contributed by atoms with Crippen molar-refractivity contribution in [3.8, 4) is 0 Å². The largest absolute Gasteiger partial charge is 0.352 e. The number of carbonyl (C=O) groups excluding carboxylic acids is 2. The van der Waals surface area contributed by atoms with Crippen LogP contribution in [0.15, 0.2) is 53.7 Å². The van der Waals surface area contributed by atoms with Gasteiger partial charge in [0.1, 0.15) is 0 Å². The first-order valence-corrected chi connectivity index (χ1v) is 9.79. The van der Waals surface area contributed by atoms with Crippen molar-refractivity contribution in [1.29, 1.82) is 0 Å². The molecule has 7 heteroatoms. The molecule has 2 aromatic carbocycles. The Morgan fingerprint density at radius 3 is 3.04 bits per heavy atom. The van der Waals surface area contributed by atoms with Crippen LogP contribution in [0.4, 0.5) is 5.69 Å². The normalized spacial score (nSPS) is 16.0. The lowest BCUT2D eigenvalue weighted by atomic mass is 10.1. The molecule has 1 atom stereocenters. The summed E-state index contributed by atoms with van der Waals surface area (Å²) < 4.78 is 2.09. The van der Waals surface area contributed by atoms with Crippen molar-refractivity contribution in [2.24, 2.45) is 0 Å². The summed E-state index contributed by atoms with van der Waals surface area (Å²) in [5.41, 5.74) is 3.34. The van der Waals surface area contributed by atoms with Gasteiger partial charge in [0.15, 0.2) is 0 Å². The van der Waals surface area contributed by atoms with Crippen LogP contribution in [-0.2, 0) is 11.3 Å². The summed E-state index contributed by atoms with van der Waals surface area (Å²) in [7, 11) is 0. The van der Waals surface area contributed by atoms with E-state index in [1.165, 1.54) is 11.8 Å². The first kappa shape index (κ1) is 17.6. The molecule has 0 bridgehead atoms. The third kappa shape index (κ3) is 3.68. The zero-order valence-electron chi connectivity index (χ0n) is 14.9. The number of carbonyl (C=O) groups is 2. The molecule has 138 valence electrons. The van der Waals surface area contributed by atoms with Crippen LogP contribution in [0.1, 0.15) is 23.7 Å². The highest BCUT2D eigenvalue weighted by atomic mass is 32.2. The van der Waals surface area contributed by atoms with Crippen molar-refractivity contribution in [3.05, 3.63) is 54.4 Å². The van der Waals surface area contributed by atoms with Gasteiger partial charge >= 0.3 is 0 Å². The number of hydrogen-bond donors (Lipinski definition) is 2. The van der Waals surface area contributed by atoms with E-state index >= 15 is 0 Å². The minimum Gasteiger partial charge on any atom is -0.352 e. The first-order valence-electron chi connectivity index (χ1n) is 8.91. The number of imidazole rings is 1. The molecule has 1 aromatic heterocycles. The molecule has 6 nitrogen and oxygen atoms in total. The molecule has 2 amide bonds. The molecule has 4 rings (SSSR count). The van der Waals surface area contributed by atoms with E-state index in [2.05, 4.69) is 20.2 Å². The second-order valence-corrected chi connectivity index (χ2v) is 7.88. The molecule has 2 N–H and O–H groups in total. The smallest absolute Gasteiger partial charge is 0.251 e. The van der Waals surface area contributed by atoms with Crippen LogP contribution in [0.3, 0.4) is 0 Å². The van der Waals surface area contributed by atoms with Gasteiger partial charge < -0.3 is 15.2 Å². The van der Waals surface area contributed by atoms with Crippen LogP contribution in [0, 0.1) is 0 Å². The summed E-state index contributed by atoms with van der Waals surface area (Å²) in [4.78, 5) is 29.6. The number of anilines is 1. The van der Waals surface area contributed by atoms with E-state index in [9.17, 15) is 9.59 Å². The van der Waals surface area contributed by atoms with Gasteiger partial charge in [0.25, 0.3) is 5.91 Å². The minimum atomic E-state index is -0.133. The summed E-state index contributed by atoms with van der Waals surface area (Å²) in [5.74, 6) is -0.163. The monoisotopic (exact) mass is 380 g/mol. The maximum Gasteiger partial charge on any atom is 0.251 e. The highest BCUT2D eigenvalue weighted by Gasteiger charge is 2.23. The van der Waals surface area contributed by atoms with Gasteiger partial charge in [0, 0.05) is 23.5 Å². The lowest BCUT2D eigenvalue weighted by molar-refractivity contribution is -0.115. The number of aryl methyl sites for hydroxylation is 1. The molecule has 3 aromatic rings. The Morgan fingerprint density at radius 2 is 2.15 bits per heavy atom. The van der Waals surface area contributed by atoms with Gasteiger partial charge in [0.2, 0.25) is 5.91 Å². The number of fused-ring (bicyclic) bond motifs is 2. The number of thioether (sulfide) groups is 1. The molecule has 0 spiro atoms. The second-order valence-electron chi connectivity index (χ2n) is 6.50. The number of aromatic nitrogens is 2. The molecule has 0 saturated carbocycles. The Labute approximate surface area is 161 Å². The zero-order valence-corrected chi connectivity index (χ0v) is 15.8. The number of hydrogen-bond acceptors (Lipinski definition) is 4. The van der Waals surface area contributed by atoms with Gasteiger partial charge in [-0.1, -0.05) is 12.1 Å². The van der Waals surface area contributed by atoms with Crippen molar-refractivity contribution in [2.75, 3.05) is 11.9 Å². The number of amides is 2. The molecular formula is C20H20N4O2S. The van der Waals surface area contributed by atoms with Crippen LogP contribution in [0.5, 0.6) is 0 Å². The van der Waals surface area contributed by atoms with Crippen LogP contribution in [0.2, 0.25) is 0 Å². The van der Waals surface area contributed by atoms with Crippen molar-refractivity contribution >= 4 is 40.3 Å². The lowest BCUT2D eigenvalue weighted by Gasteiger charge is -2.21. The Bertz CT molecular complexity index is 1010. The summed E-state index contributed by atoms with van der Waals surface area (Å²) >= 11 is 1.51. The molecule has 27 heavy (non-hydrogen) atoms. The summed E-state index contributed by atoms with van der Waals surface area (Å²) in [5, 5.41) is 5.69. The maximum absolute atomic E-state index is 12.4. The zero-order chi connectivity index (χ0) is 18.8. The lowest BCUT2D eigenvalue weighted by Crippen LogP contribution is -2.28. The third-order valence-electron chi connectivity index (χ3n) is 4.56. The number of benzene rings is 2. The Hall–Kier alpha value is -2.80. The molecule has 0 radical (unpaired) electrons. The van der Waals surface area contributed by atoms with Crippen LogP contribution in [0.25, 0.3) is 11.0 Å². The number of para-hydroxylation sites is 2. The van der Waals surface area contributed by atoms with E-state index in [1.54, 1.807) is 12.1 Å². The highest BCUT2D eigenvalue weighted by Crippen LogP contribution is 2.35. The van der Waals surface area contributed by atoms with Crippen LogP contribution in [-0.4, -0.2) is 33.2 Å². The van der Waals surface area contributed by atoms with Crippen molar-refractivity contribution in [3.63, 3.8) is 0 Å². The second kappa shape index (κ2) is 7.44. The molecule has 0 saturated heterocycles. The van der Waals surface area contributed by atoms with Crippen molar-refractivity contribution in [1.82, 2.24) is 14.9 Å². The van der Waals surface area contributed by atoms with Gasteiger partial charge in [-0.25, -0.2) is 4.98 Å². The van der Waals surface area contributed by atoms with E-state index in [0.717, 1.165) is 28.9 Å². The quantitative estimate of drug-likeness (QED) is 0.666. The van der Waals surface area contributed by atoms with E-state index in [0.29, 0.717) is 17.8 Å². The molecule has 1 unspecified atom stereocenters. The molecular weight excluding hydrogens is 360 g/mol. The fourth-order valence-electron chi connectivity index (χ4n) is 3.09. The minimum absolute atomic E-state index is 0.0300. The highest BCUT2D eigenvalue weighted by molar-refractivity contribution is 8.00. The molecule has 1 aliphatic rings. The topological polar surface area (TPSA) is 76.0 Å². The Kier molecular flexibility index (Phi) is 4.85. The van der Waals surface area contributed by atoms with Gasteiger partial charge in [-0.3, -0.25) is 9.59 Å². The van der Waals surface area contributed by atoms with E-state index in [-0.39, 0.29) is 17.1 Å². The van der Waals surface area contributed by atoms with Crippen LogP contribution >= 0.6 is 11.8 Å². The van der Waals surface area contributed by atoms with Crippen molar-refractivity contribution < 1.29 is 9.59 Å². The van der Waals surface area contributed by atoms with E-state index in [4.69, 9.17) is 0 Å². The maximum atomic E-state index is 12.4.